The van der Waals surface area contributed by atoms with Gasteiger partial charge in [-0.25, -0.2) is 10.8 Å². The van der Waals surface area contributed by atoms with Gasteiger partial charge in [0, 0.05) is 49.1 Å². The normalized spacial score (nSPS) is 15.0. The summed E-state index contributed by atoms with van der Waals surface area (Å²) in [4.78, 5) is 45.1. The molecule has 0 spiro atoms. The average Bonchev–Trinajstić information content (AvgIpc) is 3.11. The van der Waals surface area contributed by atoms with Crippen LogP contribution in [0.15, 0.2) is 77.1 Å². The number of rotatable bonds is 7. The first kappa shape index (κ1) is 27.2. The highest BCUT2D eigenvalue weighted by Gasteiger charge is 2.29. The Bertz CT molecular complexity index is 1410. The Morgan fingerprint density at radius 3 is 2.63 bits per heavy atom. The summed E-state index contributed by atoms with van der Waals surface area (Å²) in [6.45, 7) is 0.973. The summed E-state index contributed by atoms with van der Waals surface area (Å²) >= 11 is 12.0. The number of aromatic nitrogens is 2. The number of halogens is 2. The van der Waals surface area contributed by atoms with Crippen molar-refractivity contribution >= 4 is 40.7 Å². The summed E-state index contributed by atoms with van der Waals surface area (Å²) in [5.41, 5.74) is 7.23. The third-order valence-corrected chi connectivity index (χ3v) is 6.46. The number of benzene rings is 2. The Morgan fingerprint density at radius 1 is 1.16 bits per heavy atom. The van der Waals surface area contributed by atoms with Crippen molar-refractivity contribution in [1.29, 1.82) is 0 Å². The molecule has 12 heteroatoms. The first-order chi connectivity index (χ1) is 18.2. The fraction of sp³-hybridized carbons (Fsp3) is 0.231. The zero-order valence-electron chi connectivity index (χ0n) is 20.4. The number of carbonyl (C=O) groups excluding carboxylic acids is 2. The van der Waals surface area contributed by atoms with Crippen LogP contribution in [0.25, 0.3) is 11.3 Å². The maximum absolute atomic E-state index is 13.7. The van der Waals surface area contributed by atoms with Crippen LogP contribution in [-0.2, 0) is 16.0 Å². The summed E-state index contributed by atoms with van der Waals surface area (Å²) in [6, 6.07) is 14.8. The van der Waals surface area contributed by atoms with Crippen molar-refractivity contribution in [3.05, 3.63) is 93.2 Å². The minimum absolute atomic E-state index is 0.0375. The van der Waals surface area contributed by atoms with Crippen molar-refractivity contribution in [2.24, 2.45) is 11.6 Å². The molecule has 1 aromatic heterocycles. The summed E-state index contributed by atoms with van der Waals surface area (Å²) in [7, 11) is 0. The van der Waals surface area contributed by atoms with Gasteiger partial charge >= 0.3 is 0 Å². The van der Waals surface area contributed by atoms with Crippen LogP contribution >= 0.6 is 23.2 Å². The van der Waals surface area contributed by atoms with Crippen LogP contribution in [0.2, 0.25) is 5.02 Å². The van der Waals surface area contributed by atoms with Crippen molar-refractivity contribution in [3.63, 3.8) is 0 Å². The number of hydrazine groups is 1. The zero-order chi connectivity index (χ0) is 27.2. The molecule has 198 valence electrons. The van der Waals surface area contributed by atoms with Crippen LogP contribution in [0.5, 0.6) is 0 Å². The number of amides is 2. The Hall–Kier alpha value is -3.86. The van der Waals surface area contributed by atoms with Gasteiger partial charge in [0.05, 0.1) is 23.9 Å². The van der Waals surface area contributed by atoms with E-state index in [0.717, 1.165) is 5.56 Å². The molecule has 3 aromatic rings. The summed E-state index contributed by atoms with van der Waals surface area (Å²) in [5, 5.41) is 4.34. The van der Waals surface area contributed by atoms with Crippen molar-refractivity contribution in [1.82, 2.24) is 19.8 Å². The van der Waals surface area contributed by atoms with E-state index in [2.05, 4.69) is 10.3 Å². The molecule has 2 aromatic carbocycles. The number of anilines is 1. The molecule has 1 aliphatic rings. The molecule has 2 amide bonds. The number of nitrogens with one attached hydrogen (secondary N) is 1. The van der Waals surface area contributed by atoms with Crippen molar-refractivity contribution < 1.29 is 9.59 Å². The lowest BCUT2D eigenvalue weighted by Crippen LogP contribution is -2.42. The second-order valence-corrected chi connectivity index (χ2v) is 9.61. The van der Waals surface area contributed by atoms with Gasteiger partial charge in [-0.3, -0.25) is 24.0 Å². The van der Waals surface area contributed by atoms with Crippen molar-refractivity contribution in [2.75, 3.05) is 24.6 Å². The molecule has 2 heterocycles. The highest BCUT2D eigenvalue weighted by molar-refractivity contribution is 6.31. The third-order valence-electron chi connectivity index (χ3n) is 6.13. The molecule has 0 radical (unpaired) electrons. The lowest BCUT2D eigenvalue weighted by atomic mass is 10.0. The minimum atomic E-state index is -0.858. The average molecular weight is 556 g/mol. The summed E-state index contributed by atoms with van der Waals surface area (Å²) < 4.78 is 1.32. The maximum atomic E-state index is 13.7. The zero-order valence-corrected chi connectivity index (χ0v) is 21.9. The number of nitrogens with two attached hydrogens (primary N) is 2. The Kier molecular flexibility index (Phi) is 8.67. The van der Waals surface area contributed by atoms with Crippen LogP contribution in [-0.4, -0.2) is 45.9 Å². The molecule has 0 saturated carbocycles. The molecule has 38 heavy (non-hydrogen) atoms. The molecule has 0 bridgehead atoms. The van der Waals surface area contributed by atoms with Crippen LogP contribution in [0.1, 0.15) is 18.0 Å². The molecule has 10 nitrogen and oxygen atoms in total. The number of carbonyl (C=O) groups is 2. The lowest BCUT2D eigenvalue weighted by molar-refractivity contribution is -0.134. The lowest BCUT2D eigenvalue weighted by Gasteiger charge is -2.27. The van der Waals surface area contributed by atoms with E-state index in [4.69, 9.17) is 34.8 Å². The second kappa shape index (κ2) is 12.1. The Morgan fingerprint density at radius 2 is 1.92 bits per heavy atom. The fourth-order valence-corrected chi connectivity index (χ4v) is 4.55. The number of hydrogen-bond acceptors (Lipinski definition) is 7. The van der Waals surface area contributed by atoms with Gasteiger partial charge in [0.1, 0.15) is 11.2 Å². The highest BCUT2D eigenvalue weighted by Crippen LogP contribution is 2.31. The molecule has 1 fully saturated rings. The number of nitrogens with zero attached hydrogens (tertiary/aromatic N) is 4. The Balaban J connectivity index is 1.73. The highest BCUT2D eigenvalue weighted by atomic mass is 35.5. The quantitative estimate of drug-likeness (QED) is 0.231. The topological polar surface area (TPSA) is 140 Å². The predicted octanol–water partition coefficient (Wildman–Crippen LogP) is 2.37. The molecule has 1 saturated heterocycles. The van der Waals surface area contributed by atoms with Gasteiger partial charge in [-0.1, -0.05) is 53.5 Å². The fourth-order valence-electron chi connectivity index (χ4n) is 4.27. The van der Waals surface area contributed by atoms with Crippen molar-refractivity contribution in [3.8, 4) is 11.3 Å². The molecule has 1 atom stereocenters. The minimum Gasteiger partial charge on any atom is -0.388 e. The van der Waals surface area contributed by atoms with Crippen molar-refractivity contribution in [2.45, 2.75) is 18.9 Å². The standard InChI is InChI=1S/C26H27Cl2N7O3/c27-18-6-7-21(35(30)15-23(28)29)19(13-18)20-14-25(37)34(16-32-20)22(12-17-4-2-1-3-5-17)26(38)33-10-8-24(36)31-9-11-33/h1-7,13-16,22H,8-12,29-30H2,(H,31,36)/b23-15-. The SMILES string of the molecule is N/C(Cl)=C\N(N)c1ccc(Cl)cc1-c1cc(=O)n(C(Cc2ccccc2)C(=O)N2CCNC(=O)CC2)cn1. The Labute approximate surface area is 229 Å². The summed E-state index contributed by atoms with van der Waals surface area (Å²) in [6.07, 6.45) is 3.13. The van der Waals surface area contributed by atoms with E-state index in [1.54, 1.807) is 23.1 Å². The first-order valence-corrected chi connectivity index (χ1v) is 12.6. The van der Waals surface area contributed by atoms with E-state index < -0.39 is 11.6 Å². The molecular weight excluding hydrogens is 529 g/mol. The van der Waals surface area contributed by atoms with E-state index in [1.165, 1.54) is 28.2 Å². The van der Waals surface area contributed by atoms with Crippen LogP contribution < -0.4 is 27.5 Å². The molecule has 1 unspecified atom stereocenters. The van der Waals surface area contributed by atoms with E-state index in [9.17, 15) is 14.4 Å². The maximum Gasteiger partial charge on any atom is 0.254 e. The second-order valence-electron chi connectivity index (χ2n) is 8.73. The molecule has 0 aliphatic carbocycles. The first-order valence-electron chi connectivity index (χ1n) is 11.9. The third kappa shape index (κ3) is 6.52. The van der Waals surface area contributed by atoms with E-state index in [1.807, 2.05) is 30.3 Å². The molecule has 1 aliphatic heterocycles. The molecule has 4 rings (SSSR count). The number of hydrogen-bond donors (Lipinski definition) is 3. The largest absolute Gasteiger partial charge is 0.388 e. The van der Waals surface area contributed by atoms with E-state index in [0.29, 0.717) is 35.1 Å². The van der Waals surface area contributed by atoms with Crippen LogP contribution in [0.4, 0.5) is 5.69 Å². The van der Waals surface area contributed by atoms with Gasteiger partial charge in [0.15, 0.2) is 0 Å². The molecule has 5 N–H and O–H groups in total. The predicted molar refractivity (Wildman–Crippen MR) is 147 cm³/mol. The van der Waals surface area contributed by atoms with E-state index >= 15 is 0 Å². The van der Waals surface area contributed by atoms with Gasteiger partial charge < -0.3 is 16.0 Å². The van der Waals surface area contributed by atoms with Gasteiger partial charge in [-0.05, 0) is 23.8 Å². The van der Waals surface area contributed by atoms with Crippen LogP contribution in [0.3, 0.4) is 0 Å². The van der Waals surface area contributed by atoms with Crippen LogP contribution in [0, 0.1) is 0 Å². The monoisotopic (exact) mass is 555 g/mol. The van der Waals surface area contributed by atoms with E-state index in [-0.39, 0.29) is 36.4 Å². The van der Waals surface area contributed by atoms with Gasteiger partial charge in [-0.2, -0.15) is 0 Å². The smallest absolute Gasteiger partial charge is 0.254 e. The van der Waals surface area contributed by atoms with Gasteiger partial charge in [0.2, 0.25) is 11.8 Å². The summed E-state index contributed by atoms with van der Waals surface area (Å²) in [5.74, 6) is 5.72. The van der Waals surface area contributed by atoms with Gasteiger partial charge in [-0.15, -0.1) is 0 Å². The molecular formula is C26H27Cl2N7O3. The van der Waals surface area contributed by atoms with Gasteiger partial charge in [0.25, 0.3) is 5.56 Å².